The zero-order valence-electron chi connectivity index (χ0n) is 16.3. The van der Waals surface area contributed by atoms with Gasteiger partial charge in [-0.1, -0.05) is 78.3 Å². The van der Waals surface area contributed by atoms with E-state index in [1.807, 2.05) is 12.1 Å². The molecule has 0 amide bonds. The molecule has 0 atom stereocenters. The number of rotatable bonds is 3. The summed E-state index contributed by atoms with van der Waals surface area (Å²) in [5, 5.41) is 4.25. The van der Waals surface area contributed by atoms with Crippen molar-refractivity contribution in [3.8, 4) is 5.69 Å². The summed E-state index contributed by atoms with van der Waals surface area (Å²) in [5.41, 5.74) is 5.80. The maximum atomic E-state index is 7.13. The van der Waals surface area contributed by atoms with Crippen LogP contribution in [0.3, 0.4) is 0 Å². The van der Waals surface area contributed by atoms with Crippen LogP contribution in [0.5, 0.6) is 0 Å². The number of hydrogen-bond acceptors (Lipinski definition) is 0. The fourth-order valence-corrected chi connectivity index (χ4v) is 4.93. The number of halogens is 1. The molecular weight excluding hydrogens is 388 g/mol. The fourth-order valence-electron chi connectivity index (χ4n) is 4.52. The van der Waals surface area contributed by atoms with E-state index < -0.39 is 0 Å². The van der Waals surface area contributed by atoms with Crippen molar-refractivity contribution < 1.29 is 0 Å². The van der Waals surface area contributed by atoms with Crippen LogP contribution in [0.1, 0.15) is 5.56 Å². The lowest BCUT2D eigenvalue weighted by Gasteiger charge is -2.10. The van der Waals surface area contributed by atoms with Gasteiger partial charge in [0, 0.05) is 34.6 Å². The lowest BCUT2D eigenvalue weighted by Crippen LogP contribution is -1.98. The van der Waals surface area contributed by atoms with E-state index in [1.165, 1.54) is 16.5 Å². The highest BCUT2D eigenvalue weighted by Gasteiger charge is 2.18. The van der Waals surface area contributed by atoms with E-state index in [-0.39, 0.29) is 0 Å². The zero-order valence-corrected chi connectivity index (χ0v) is 17.1. The molecule has 0 radical (unpaired) electrons. The van der Waals surface area contributed by atoms with Gasteiger partial charge in [-0.3, -0.25) is 0 Å². The standard InChI is InChI=1S/C27H19ClN2/c28-26-25-22-13-7-8-14-23(22)30(21-11-5-2-6-12-21)24(25)17-20-15-16-29(27(20)26)18-19-9-3-1-4-10-19/h1-17H,18H2. The van der Waals surface area contributed by atoms with Crippen molar-refractivity contribution in [1.82, 2.24) is 9.13 Å². The second-order valence-corrected chi connectivity index (χ2v) is 8.02. The van der Waals surface area contributed by atoms with Gasteiger partial charge < -0.3 is 9.13 Å². The molecule has 0 aliphatic heterocycles. The van der Waals surface area contributed by atoms with E-state index in [0.29, 0.717) is 0 Å². The van der Waals surface area contributed by atoms with Crippen molar-refractivity contribution in [2.24, 2.45) is 0 Å². The van der Waals surface area contributed by atoms with Crippen LogP contribution >= 0.6 is 11.6 Å². The largest absolute Gasteiger partial charge is 0.342 e. The minimum Gasteiger partial charge on any atom is -0.342 e. The van der Waals surface area contributed by atoms with Crippen LogP contribution < -0.4 is 0 Å². The van der Waals surface area contributed by atoms with E-state index in [1.54, 1.807) is 0 Å². The van der Waals surface area contributed by atoms with E-state index in [4.69, 9.17) is 11.6 Å². The first-order valence-corrected chi connectivity index (χ1v) is 10.5. The Balaban J connectivity index is 1.68. The number of hydrogen-bond donors (Lipinski definition) is 0. The molecular formula is C27H19ClN2. The van der Waals surface area contributed by atoms with Gasteiger partial charge in [0.15, 0.2) is 0 Å². The van der Waals surface area contributed by atoms with Gasteiger partial charge in [-0.05, 0) is 35.9 Å². The smallest absolute Gasteiger partial charge is 0.0749 e. The van der Waals surface area contributed by atoms with Crippen LogP contribution in [0.4, 0.5) is 0 Å². The average Bonchev–Trinajstić information content (AvgIpc) is 3.34. The maximum absolute atomic E-state index is 7.13. The normalized spacial score (nSPS) is 11.6. The third-order valence-electron chi connectivity index (χ3n) is 5.84. The van der Waals surface area contributed by atoms with Crippen LogP contribution in [0.2, 0.25) is 5.02 Å². The molecule has 6 rings (SSSR count). The van der Waals surface area contributed by atoms with E-state index in [0.717, 1.165) is 39.1 Å². The Bertz CT molecular complexity index is 1510. The summed E-state index contributed by atoms with van der Waals surface area (Å²) in [4.78, 5) is 0. The lowest BCUT2D eigenvalue weighted by atomic mass is 10.1. The lowest BCUT2D eigenvalue weighted by molar-refractivity contribution is 0.837. The summed E-state index contributed by atoms with van der Waals surface area (Å²) in [5.74, 6) is 0. The molecule has 6 aromatic rings. The Morgan fingerprint density at radius 2 is 1.40 bits per heavy atom. The Kier molecular flexibility index (Phi) is 3.93. The number of aromatic nitrogens is 2. The summed E-state index contributed by atoms with van der Waals surface area (Å²) in [7, 11) is 0. The third-order valence-corrected chi connectivity index (χ3v) is 6.20. The topological polar surface area (TPSA) is 9.86 Å². The number of fused-ring (bicyclic) bond motifs is 4. The van der Waals surface area contributed by atoms with E-state index >= 15 is 0 Å². The van der Waals surface area contributed by atoms with Gasteiger partial charge in [0.2, 0.25) is 0 Å². The highest BCUT2D eigenvalue weighted by Crippen LogP contribution is 2.40. The predicted octanol–water partition coefficient (Wildman–Crippen LogP) is 7.44. The molecule has 0 N–H and O–H groups in total. The fraction of sp³-hybridized carbons (Fsp3) is 0.0370. The number of para-hydroxylation sites is 2. The van der Waals surface area contributed by atoms with Crippen molar-refractivity contribution in [1.29, 1.82) is 0 Å². The van der Waals surface area contributed by atoms with E-state index in [9.17, 15) is 0 Å². The molecule has 0 spiro atoms. The highest BCUT2D eigenvalue weighted by atomic mass is 35.5. The molecule has 2 heterocycles. The minimum atomic E-state index is 0.799. The molecule has 30 heavy (non-hydrogen) atoms. The Hall–Kier alpha value is -3.49. The molecule has 2 nitrogen and oxygen atoms in total. The van der Waals surface area contributed by atoms with Crippen molar-refractivity contribution in [3.05, 3.63) is 114 Å². The third kappa shape index (κ3) is 2.58. The first kappa shape index (κ1) is 17.4. The van der Waals surface area contributed by atoms with Gasteiger partial charge in [-0.2, -0.15) is 0 Å². The molecule has 0 saturated heterocycles. The van der Waals surface area contributed by atoms with Gasteiger partial charge in [-0.15, -0.1) is 0 Å². The quantitative estimate of drug-likeness (QED) is 0.289. The number of benzene rings is 4. The summed E-state index contributed by atoms with van der Waals surface area (Å²) in [6, 6.07) is 33.9. The summed E-state index contributed by atoms with van der Waals surface area (Å²) < 4.78 is 4.56. The van der Waals surface area contributed by atoms with Gasteiger partial charge in [0.1, 0.15) is 0 Å². The van der Waals surface area contributed by atoms with Crippen molar-refractivity contribution in [2.45, 2.75) is 6.54 Å². The number of nitrogens with zero attached hydrogens (tertiary/aromatic N) is 2. The van der Waals surface area contributed by atoms with Gasteiger partial charge in [0.05, 0.1) is 21.6 Å². The first-order chi connectivity index (χ1) is 14.8. The molecule has 3 heteroatoms. The van der Waals surface area contributed by atoms with Crippen LogP contribution in [0.25, 0.3) is 38.4 Å². The van der Waals surface area contributed by atoms with E-state index in [2.05, 4.69) is 100 Å². The zero-order chi connectivity index (χ0) is 20.1. The van der Waals surface area contributed by atoms with Crippen molar-refractivity contribution in [3.63, 3.8) is 0 Å². The summed E-state index contributed by atoms with van der Waals surface area (Å²) in [6.07, 6.45) is 2.14. The molecule has 2 aromatic heterocycles. The summed E-state index contributed by atoms with van der Waals surface area (Å²) in [6.45, 7) is 0.799. The monoisotopic (exact) mass is 406 g/mol. The maximum Gasteiger partial charge on any atom is 0.0749 e. The average molecular weight is 407 g/mol. The van der Waals surface area contributed by atoms with Crippen molar-refractivity contribution >= 4 is 44.3 Å². The second-order valence-electron chi connectivity index (χ2n) is 7.64. The van der Waals surface area contributed by atoms with Crippen LogP contribution in [0, 0.1) is 0 Å². The molecule has 144 valence electrons. The molecule has 0 aliphatic rings. The molecule has 0 fully saturated rings. The second kappa shape index (κ2) is 6.79. The predicted molar refractivity (Wildman–Crippen MR) is 127 cm³/mol. The van der Waals surface area contributed by atoms with Crippen LogP contribution in [-0.4, -0.2) is 9.13 Å². The Morgan fingerprint density at radius 1 is 0.700 bits per heavy atom. The van der Waals surface area contributed by atoms with Crippen molar-refractivity contribution in [2.75, 3.05) is 0 Å². The Labute approximate surface area is 179 Å². The van der Waals surface area contributed by atoms with Crippen LogP contribution in [-0.2, 0) is 6.54 Å². The summed E-state index contributed by atoms with van der Waals surface area (Å²) >= 11 is 7.13. The molecule has 4 aromatic carbocycles. The minimum absolute atomic E-state index is 0.799. The molecule has 0 saturated carbocycles. The van der Waals surface area contributed by atoms with Gasteiger partial charge >= 0.3 is 0 Å². The molecule has 0 unspecified atom stereocenters. The molecule has 0 aliphatic carbocycles. The van der Waals surface area contributed by atoms with Gasteiger partial charge in [0.25, 0.3) is 0 Å². The van der Waals surface area contributed by atoms with Crippen LogP contribution in [0.15, 0.2) is 103 Å². The highest BCUT2D eigenvalue weighted by molar-refractivity contribution is 6.42. The Morgan fingerprint density at radius 3 is 2.20 bits per heavy atom. The van der Waals surface area contributed by atoms with Gasteiger partial charge in [-0.25, -0.2) is 0 Å². The first-order valence-electron chi connectivity index (χ1n) is 10.1. The molecule has 0 bridgehead atoms. The SMILES string of the molecule is Clc1c2c3ccccc3n(-c3ccccc3)c2cc2ccn(Cc3ccccc3)c12.